The summed E-state index contributed by atoms with van der Waals surface area (Å²) in [7, 11) is 0. The van der Waals surface area contributed by atoms with Gasteiger partial charge in [0.15, 0.2) is 0 Å². The Bertz CT molecular complexity index is 425. The molecule has 2 rings (SSSR count). The molecule has 2 heteroatoms. The van der Waals surface area contributed by atoms with Crippen LogP contribution in [0.2, 0.25) is 0 Å². The largest absolute Gasteiger partial charge is 0.489 e. The number of rotatable bonds is 5. The Balaban J connectivity index is 2.22. The van der Waals surface area contributed by atoms with Crippen LogP contribution in [0.5, 0.6) is 5.75 Å². The minimum absolute atomic E-state index is 0.493. The van der Waals surface area contributed by atoms with Crippen molar-refractivity contribution < 1.29 is 4.74 Å². The lowest BCUT2D eigenvalue weighted by Gasteiger charge is -2.27. The van der Waals surface area contributed by atoms with E-state index in [9.17, 15) is 0 Å². The second-order valence-corrected chi connectivity index (χ2v) is 5.07. The van der Waals surface area contributed by atoms with Gasteiger partial charge in [-0.2, -0.15) is 0 Å². The zero-order valence-electron chi connectivity index (χ0n) is 11.5. The van der Waals surface area contributed by atoms with Gasteiger partial charge in [0.2, 0.25) is 0 Å². The van der Waals surface area contributed by atoms with E-state index in [1.165, 1.54) is 24.0 Å². The molecule has 1 aliphatic rings. The first-order valence-corrected chi connectivity index (χ1v) is 6.84. The zero-order valence-corrected chi connectivity index (χ0v) is 11.5. The standard InChI is InChI=1S/C16H23NO/c1-4-17-15-9-5-8-14-13(15)7-6-10-16(14)18-11-12(2)3/h6-7,10,15,17H,2,4-5,8-9,11H2,1,3H3. The number of fused-ring (bicyclic) bond motifs is 1. The van der Waals surface area contributed by atoms with Crippen LogP contribution in [0, 0.1) is 0 Å². The predicted molar refractivity (Wildman–Crippen MR) is 76.1 cm³/mol. The molecule has 1 atom stereocenters. The lowest BCUT2D eigenvalue weighted by molar-refractivity contribution is 0.343. The van der Waals surface area contributed by atoms with Crippen molar-refractivity contribution in [2.75, 3.05) is 13.2 Å². The topological polar surface area (TPSA) is 21.3 Å². The second-order valence-electron chi connectivity index (χ2n) is 5.07. The highest BCUT2D eigenvalue weighted by Crippen LogP contribution is 2.35. The summed E-state index contributed by atoms with van der Waals surface area (Å²) in [4.78, 5) is 0. The lowest BCUT2D eigenvalue weighted by Crippen LogP contribution is -2.25. The van der Waals surface area contributed by atoms with E-state index in [4.69, 9.17) is 4.74 Å². The molecule has 0 fully saturated rings. The molecule has 0 saturated heterocycles. The Labute approximate surface area is 110 Å². The molecule has 0 bridgehead atoms. The zero-order chi connectivity index (χ0) is 13.0. The third-order valence-electron chi connectivity index (χ3n) is 3.39. The molecule has 0 saturated carbocycles. The molecule has 0 amide bonds. The fourth-order valence-electron chi connectivity index (χ4n) is 2.61. The van der Waals surface area contributed by atoms with Crippen molar-refractivity contribution in [3.8, 4) is 5.75 Å². The average molecular weight is 245 g/mol. The Morgan fingerprint density at radius 1 is 1.50 bits per heavy atom. The molecule has 1 aliphatic carbocycles. The van der Waals surface area contributed by atoms with Gasteiger partial charge < -0.3 is 10.1 Å². The SMILES string of the molecule is C=C(C)COc1cccc2c1CCCC2NCC. The minimum atomic E-state index is 0.493. The van der Waals surface area contributed by atoms with Gasteiger partial charge in [0.25, 0.3) is 0 Å². The van der Waals surface area contributed by atoms with E-state index in [2.05, 4.69) is 37.0 Å². The minimum Gasteiger partial charge on any atom is -0.489 e. The van der Waals surface area contributed by atoms with Crippen LogP contribution >= 0.6 is 0 Å². The summed E-state index contributed by atoms with van der Waals surface area (Å²) >= 11 is 0. The van der Waals surface area contributed by atoms with Crippen LogP contribution < -0.4 is 10.1 Å². The number of nitrogens with one attached hydrogen (secondary N) is 1. The molecule has 0 radical (unpaired) electrons. The Morgan fingerprint density at radius 3 is 3.06 bits per heavy atom. The Morgan fingerprint density at radius 2 is 2.33 bits per heavy atom. The van der Waals surface area contributed by atoms with Gasteiger partial charge in [-0.1, -0.05) is 25.6 Å². The molecule has 0 heterocycles. The molecular weight excluding hydrogens is 222 g/mol. The normalized spacial score (nSPS) is 18.2. The molecular formula is C16H23NO. The van der Waals surface area contributed by atoms with Crippen molar-refractivity contribution in [2.45, 2.75) is 39.2 Å². The van der Waals surface area contributed by atoms with Gasteiger partial charge in [-0.05, 0) is 55.5 Å². The summed E-state index contributed by atoms with van der Waals surface area (Å²) in [6.07, 6.45) is 3.59. The number of ether oxygens (including phenoxy) is 1. The van der Waals surface area contributed by atoms with E-state index < -0.39 is 0 Å². The van der Waals surface area contributed by atoms with E-state index >= 15 is 0 Å². The highest BCUT2D eigenvalue weighted by Gasteiger charge is 2.21. The van der Waals surface area contributed by atoms with Crippen LogP contribution in [0.15, 0.2) is 30.4 Å². The fourth-order valence-corrected chi connectivity index (χ4v) is 2.61. The number of hydrogen-bond acceptors (Lipinski definition) is 2. The van der Waals surface area contributed by atoms with Crippen LogP contribution in [-0.4, -0.2) is 13.2 Å². The van der Waals surface area contributed by atoms with Gasteiger partial charge in [-0.25, -0.2) is 0 Å². The summed E-state index contributed by atoms with van der Waals surface area (Å²) in [5.41, 5.74) is 3.87. The third kappa shape index (κ3) is 2.94. The monoisotopic (exact) mass is 245 g/mol. The van der Waals surface area contributed by atoms with Crippen molar-refractivity contribution in [2.24, 2.45) is 0 Å². The smallest absolute Gasteiger partial charge is 0.123 e. The highest BCUT2D eigenvalue weighted by molar-refractivity contribution is 5.43. The molecule has 2 nitrogen and oxygen atoms in total. The van der Waals surface area contributed by atoms with E-state index in [0.29, 0.717) is 12.6 Å². The van der Waals surface area contributed by atoms with Crippen LogP contribution in [-0.2, 0) is 6.42 Å². The summed E-state index contributed by atoms with van der Waals surface area (Å²) in [6.45, 7) is 9.68. The first kappa shape index (κ1) is 13.2. The molecule has 98 valence electrons. The lowest BCUT2D eigenvalue weighted by atomic mass is 9.87. The predicted octanol–water partition coefficient (Wildman–Crippen LogP) is 3.63. The Kier molecular flexibility index (Phi) is 4.43. The molecule has 1 N–H and O–H groups in total. The van der Waals surface area contributed by atoms with Gasteiger partial charge in [0.05, 0.1) is 0 Å². The molecule has 0 aliphatic heterocycles. The van der Waals surface area contributed by atoms with Crippen molar-refractivity contribution in [1.29, 1.82) is 0 Å². The molecule has 1 unspecified atom stereocenters. The highest BCUT2D eigenvalue weighted by atomic mass is 16.5. The fraction of sp³-hybridized carbons (Fsp3) is 0.500. The first-order valence-electron chi connectivity index (χ1n) is 6.84. The maximum absolute atomic E-state index is 5.86. The van der Waals surface area contributed by atoms with Crippen molar-refractivity contribution in [1.82, 2.24) is 5.32 Å². The number of hydrogen-bond donors (Lipinski definition) is 1. The van der Waals surface area contributed by atoms with Gasteiger partial charge in [0, 0.05) is 6.04 Å². The average Bonchev–Trinajstić information content (AvgIpc) is 2.37. The summed E-state index contributed by atoms with van der Waals surface area (Å²) in [5, 5.41) is 3.56. The quantitative estimate of drug-likeness (QED) is 0.800. The molecule has 0 spiro atoms. The maximum Gasteiger partial charge on any atom is 0.123 e. The van der Waals surface area contributed by atoms with E-state index in [-0.39, 0.29) is 0 Å². The molecule has 18 heavy (non-hydrogen) atoms. The van der Waals surface area contributed by atoms with Crippen LogP contribution in [0.25, 0.3) is 0 Å². The molecule has 1 aromatic carbocycles. The van der Waals surface area contributed by atoms with Crippen LogP contribution in [0.4, 0.5) is 0 Å². The Hall–Kier alpha value is -1.28. The van der Waals surface area contributed by atoms with Gasteiger partial charge in [0.1, 0.15) is 12.4 Å². The van der Waals surface area contributed by atoms with Gasteiger partial charge in [-0.15, -0.1) is 0 Å². The van der Waals surface area contributed by atoms with E-state index in [1.54, 1.807) is 0 Å². The maximum atomic E-state index is 5.86. The van der Waals surface area contributed by atoms with Crippen LogP contribution in [0.3, 0.4) is 0 Å². The first-order chi connectivity index (χ1) is 8.72. The molecule has 1 aromatic rings. The summed E-state index contributed by atoms with van der Waals surface area (Å²) < 4.78 is 5.86. The van der Waals surface area contributed by atoms with Crippen molar-refractivity contribution in [3.05, 3.63) is 41.5 Å². The van der Waals surface area contributed by atoms with Gasteiger partial charge >= 0.3 is 0 Å². The van der Waals surface area contributed by atoms with E-state index in [1.807, 2.05) is 6.92 Å². The number of benzene rings is 1. The molecule has 0 aromatic heterocycles. The van der Waals surface area contributed by atoms with Crippen molar-refractivity contribution >= 4 is 0 Å². The second kappa shape index (κ2) is 6.05. The van der Waals surface area contributed by atoms with E-state index in [0.717, 1.165) is 24.3 Å². The third-order valence-corrected chi connectivity index (χ3v) is 3.39. The summed E-state index contributed by atoms with van der Waals surface area (Å²) in [5.74, 6) is 1.04. The summed E-state index contributed by atoms with van der Waals surface area (Å²) in [6, 6.07) is 6.90. The van der Waals surface area contributed by atoms with Crippen molar-refractivity contribution in [3.63, 3.8) is 0 Å². The van der Waals surface area contributed by atoms with Crippen LogP contribution in [0.1, 0.15) is 43.9 Å². The van der Waals surface area contributed by atoms with Gasteiger partial charge in [-0.3, -0.25) is 0 Å².